The van der Waals surface area contributed by atoms with E-state index in [0.29, 0.717) is 6.04 Å². The maximum absolute atomic E-state index is 4.14. The molecule has 0 atom stereocenters. The number of rotatable bonds is 6. The van der Waals surface area contributed by atoms with Crippen molar-refractivity contribution in [1.29, 1.82) is 0 Å². The summed E-state index contributed by atoms with van der Waals surface area (Å²) in [5.74, 6) is 0. The third-order valence-electron chi connectivity index (χ3n) is 2.39. The number of aryl methyl sites for hydroxylation is 2. The van der Waals surface area contributed by atoms with Gasteiger partial charge in [-0.3, -0.25) is 9.36 Å². The highest BCUT2D eigenvalue weighted by atomic mass is 15.4. The summed E-state index contributed by atoms with van der Waals surface area (Å²) < 4.78 is 3.73. The van der Waals surface area contributed by atoms with Gasteiger partial charge in [-0.2, -0.15) is 5.10 Å². The van der Waals surface area contributed by atoms with Crippen LogP contribution in [0.4, 0.5) is 0 Å². The minimum Gasteiger partial charge on any atom is -0.309 e. The van der Waals surface area contributed by atoms with E-state index in [4.69, 9.17) is 0 Å². The van der Waals surface area contributed by atoms with Gasteiger partial charge in [-0.05, 0) is 6.07 Å². The maximum Gasteiger partial charge on any atom is 0.0964 e. The van der Waals surface area contributed by atoms with Crippen molar-refractivity contribution in [1.82, 2.24) is 30.1 Å². The zero-order valence-corrected chi connectivity index (χ0v) is 10.2. The molecule has 0 aromatic carbocycles. The van der Waals surface area contributed by atoms with Crippen LogP contribution in [0.3, 0.4) is 0 Å². The van der Waals surface area contributed by atoms with Gasteiger partial charge in [0, 0.05) is 31.2 Å². The summed E-state index contributed by atoms with van der Waals surface area (Å²) in [4.78, 5) is 0. The highest BCUT2D eigenvalue weighted by Gasteiger charge is 2.01. The lowest BCUT2D eigenvalue weighted by Crippen LogP contribution is -2.21. The molecule has 6 heteroatoms. The first kappa shape index (κ1) is 11.8. The summed E-state index contributed by atoms with van der Waals surface area (Å²) in [6.07, 6.45) is 5.69. The van der Waals surface area contributed by atoms with E-state index in [1.54, 1.807) is 6.20 Å². The fourth-order valence-electron chi connectivity index (χ4n) is 1.48. The molecule has 1 N–H and O–H groups in total. The molecule has 0 aliphatic heterocycles. The highest BCUT2D eigenvalue weighted by molar-refractivity contribution is 4.91. The van der Waals surface area contributed by atoms with Crippen LogP contribution in [0.5, 0.6) is 0 Å². The fraction of sp³-hybridized carbons (Fsp3) is 0.545. The van der Waals surface area contributed by atoms with Crippen molar-refractivity contribution in [2.24, 2.45) is 0 Å². The Labute approximate surface area is 101 Å². The minimum atomic E-state index is 0.462. The normalized spacial score (nSPS) is 11.2. The van der Waals surface area contributed by atoms with Gasteiger partial charge < -0.3 is 5.32 Å². The van der Waals surface area contributed by atoms with E-state index in [1.807, 2.05) is 27.8 Å². The molecule has 2 aromatic heterocycles. The molecule has 2 aromatic rings. The Kier molecular flexibility index (Phi) is 3.87. The number of nitrogens with one attached hydrogen (secondary N) is 1. The summed E-state index contributed by atoms with van der Waals surface area (Å²) >= 11 is 0. The average Bonchev–Trinajstić information content (AvgIpc) is 2.95. The lowest BCUT2D eigenvalue weighted by atomic mass is 10.3. The first-order valence-corrected chi connectivity index (χ1v) is 5.84. The van der Waals surface area contributed by atoms with Gasteiger partial charge in [0.15, 0.2) is 0 Å². The second-order valence-electron chi connectivity index (χ2n) is 4.28. The second kappa shape index (κ2) is 5.58. The highest BCUT2D eigenvalue weighted by Crippen LogP contribution is 1.95. The molecule has 0 saturated heterocycles. The molecular formula is C11H18N6. The topological polar surface area (TPSA) is 60.6 Å². The Hall–Kier alpha value is -1.69. The Balaban J connectivity index is 1.81. The van der Waals surface area contributed by atoms with E-state index >= 15 is 0 Å². The van der Waals surface area contributed by atoms with Crippen molar-refractivity contribution < 1.29 is 0 Å². The largest absolute Gasteiger partial charge is 0.309 e. The zero-order chi connectivity index (χ0) is 12.1. The fourth-order valence-corrected chi connectivity index (χ4v) is 1.48. The van der Waals surface area contributed by atoms with E-state index < -0.39 is 0 Å². The average molecular weight is 234 g/mol. The number of hydrogen-bond acceptors (Lipinski definition) is 4. The summed E-state index contributed by atoms with van der Waals surface area (Å²) in [5.41, 5.74) is 0.971. The van der Waals surface area contributed by atoms with Crippen molar-refractivity contribution >= 4 is 0 Å². The van der Waals surface area contributed by atoms with Crippen LogP contribution < -0.4 is 5.32 Å². The molecule has 0 saturated carbocycles. The van der Waals surface area contributed by atoms with Crippen molar-refractivity contribution in [3.63, 3.8) is 0 Å². The Morgan fingerprint density at radius 2 is 2.12 bits per heavy atom. The summed E-state index contributed by atoms with van der Waals surface area (Å²) in [7, 11) is 0. The molecule has 0 unspecified atom stereocenters. The number of nitrogens with zero attached hydrogens (tertiary/aromatic N) is 5. The van der Waals surface area contributed by atoms with Gasteiger partial charge in [-0.1, -0.05) is 19.1 Å². The van der Waals surface area contributed by atoms with Crippen LogP contribution in [-0.4, -0.2) is 30.8 Å². The standard InChI is InChI=1S/C11H18N6/c1-10(2)12-8-11-9-17(15-14-11)7-6-16-5-3-4-13-16/h3-5,9-10,12H,6-8H2,1-2H3. The van der Waals surface area contributed by atoms with Gasteiger partial charge in [0.2, 0.25) is 0 Å². The quantitative estimate of drug-likeness (QED) is 0.798. The van der Waals surface area contributed by atoms with Crippen LogP contribution in [0.25, 0.3) is 0 Å². The molecule has 2 rings (SSSR count). The summed E-state index contributed by atoms with van der Waals surface area (Å²) in [6, 6.07) is 2.38. The van der Waals surface area contributed by atoms with E-state index in [0.717, 1.165) is 25.3 Å². The summed E-state index contributed by atoms with van der Waals surface area (Å²) in [6.45, 7) is 6.59. The Morgan fingerprint density at radius 1 is 1.29 bits per heavy atom. The Bertz CT molecular complexity index is 431. The van der Waals surface area contributed by atoms with Gasteiger partial charge in [0.1, 0.15) is 0 Å². The lowest BCUT2D eigenvalue weighted by molar-refractivity contribution is 0.490. The molecule has 17 heavy (non-hydrogen) atoms. The van der Waals surface area contributed by atoms with E-state index in [-0.39, 0.29) is 0 Å². The minimum absolute atomic E-state index is 0.462. The third-order valence-corrected chi connectivity index (χ3v) is 2.39. The molecule has 0 bridgehead atoms. The van der Waals surface area contributed by atoms with Crippen LogP contribution in [-0.2, 0) is 19.6 Å². The van der Waals surface area contributed by atoms with Crippen molar-refractivity contribution in [3.05, 3.63) is 30.4 Å². The predicted molar refractivity (Wildman–Crippen MR) is 64.2 cm³/mol. The van der Waals surface area contributed by atoms with Crippen LogP contribution >= 0.6 is 0 Å². The second-order valence-corrected chi connectivity index (χ2v) is 4.28. The monoisotopic (exact) mass is 234 g/mol. The molecule has 6 nitrogen and oxygen atoms in total. The predicted octanol–water partition coefficient (Wildman–Crippen LogP) is 0.673. The summed E-state index contributed by atoms with van der Waals surface area (Å²) in [5, 5.41) is 15.6. The van der Waals surface area contributed by atoms with Gasteiger partial charge in [0.25, 0.3) is 0 Å². The first-order valence-electron chi connectivity index (χ1n) is 5.84. The van der Waals surface area contributed by atoms with Gasteiger partial charge in [-0.25, -0.2) is 0 Å². The van der Waals surface area contributed by atoms with Crippen molar-refractivity contribution in [2.75, 3.05) is 0 Å². The number of aromatic nitrogens is 5. The molecule has 0 radical (unpaired) electrons. The van der Waals surface area contributed by atoms with Crippen LogP contribution in [0, 0.1) is 0 Å². The third kappa shape index (κ3) is 3.67. The molecule has 0 spiro atoms. The van der Waals surface area contributed by atoms with Crippen LogP contribution in [0.15, 0.2) is 24.7 Å². The Morgan fingerprint density at radius 3 is 2.82 bits per heavy atom. The van der Waals surface area contributed by atoms with Crippen molar-refractivity contribution in [2.45, 2.75) is 39.5 Å². The van der Waals surface area contributed by atoms with Gasteiger partial charge in [-0.15, -0.1) is 5.10 Å². The lowest BCUT2D eigenvalue weighted by Gasteiger charge is -2.04. The van der Waals surface area contributed by atoms with Gasteiger partial charge in [0.05, 0.1) is 18.8 Å². The van der Waals surface area contributed by atoms with Crippen LogP contribution in [0.1, 0.15) is 19.5 Å². The molecule has 0 amide bonds. The first-order chi connectivity index (χ1) is 8.24. The molecular weight excluding hydrogens is 216 g/mol. The number of hydrogen-bond donors (Lipinski definition) is 1. The van der Waals surface area contributed by atoms with E-state index in [9.17, 15) is 0 Å². The molecule has 2 heterocycles. The zero-order valence-electron chi connectivity index (χ0n) is 10.2. The van der Waals surface area contributed by atoms with Crippen molar-refractivity contribution in [3.8, 4) is 0 Å². The van der Waals surface area contributed by atoms with Crippen LogP contribution in [0.2, 0.25) is 0 Å². The van der Waals surface area contributed by atoms with E-state index in [2.05, 4.69) is 34.6 Å². The van der Waals surface area contributed by atoms with Gasteiger partial charge >= 0.3 is 0 Å². The van der Waals surface area contributed by atoms with E-state index in [1.165, 1.54) is 0 Å². The smallest absolute Gasteiger partial charge is 0.0964 e. The molecule has 0 aliphatic rings. The molecule has 92 valence electrons. The maximum atomic E-state index is 4.14. The SMILES string of the molecule is CC(C)NCc1cn(CCn2cccn2)nn1. The molecule has 0 fully saturated rings. The molecule has 0 aliphatic carbocycles.